The van der Waals surface area contributed by atoms with Crippen LogP contribution in [0, 0.1) is 0 Å². The minimum Gasteiger partial charge on any atom is -0.379 e. The number of rotatable bonds is 0. The van der Waals surface area contributed by atoms with Crippen molar-refractivity contribution in [1.82, 2.24) is 9.55 Å². The minimum atomic E-state index is 0.460. The lowest BCUT2D eigenvalue weighted by molar-refractivity contribution is 0.488. The van der Waals surface area contributed by atoms with Crippen LogP contribution in [-0.4, -0.2) is 15.6 Å². The number of imidazole rings is 1. The van der Waals surface area contributed by atoms with E-state index in [0.29, 0.717) is 12.1 Å². The Labute approximate surface area is 82.8 Å². The third kappa shape index (κ3) is 0.842. The highest BCUT2D eigenvalue weighted by molar-refractivity contribution is 5.89. The Morgan fingerprint density at radius 3 is 3.07 bits per heavy atom. The molecule has 0 spiro atoms. The smallest absolute Gasteiger partial charge is 0.0962 e. The van der Waals surface area contributed by atoms with Gasteiger partial charge in [0.15, 0.2) is 0 Å². The monoisotopic (exact) mass is 187 g/mol. The lowest BCUT2D eigenvalue weighted by Crippen LogP contribution is -2.30. The van der Waals surface area contributed by atoms with Gasteiger partial charge in [0.25, 0.3) is 0 Å². The molecule has 1 N–H and O–H groups in total. The van der Waals surface area contributed by atoms with Crippen LogP contribution in [0.1, 0.15) is 19.9 Å². The maximum absolute atomic E-state index is 4.40. The van der Waals surface area contributed by atoms with Gasteiger partial charge in [-0.25, -0.2) is 4.98 Å². The Morgan fingerprint density at radius 1 is 1.36 bits per heavy atom. The Kier molecular flexibility index (Phi) is 1.40. The Bertz CT molecular complexity index is 486. The second kappa shape index (κ2) is 2.50. The van der Waals surface area contributed by atoms with Gasteiger partial charge in [0.1, 0.15) is 0 Å². The first-order valence-electron chi connectivity index (χ1n) is 4.99. The zero-order valence-electron chi connectivity index (χ0n) is 8.36. The molecule has 0 amide bonds. The molecule has 1 aromatic carbocycles. The van der Waals surface area contributed by atoms with Crippen LogP contribution in [-0.2, 0) is 0 Å². The van der Waals surface area contributed by atoms with E-state index in [2.05, 4.69) is 40.8 Å². The Balaban J connectivity index is 2.38. The standard InChI is InChI=1S/C11H13N3/c1-7-8(2)14-6-12-9-4-3-5-10(13-7)11(9)14/h3-8,13H,1-2H3/t7-,8+/m0/s1. The van der Waals surface area contributed by atoms with Crippen molar-refractivity contribution in [2.45, 2.75) is 25.9 Å². The number of nitrogens with zero attached hydrogens (tertiary/aromatic N) is 2. The van der Waals surface area contributed by atoms with Crippen LogP contribution < -0.4 is 5.32 Å². The van der Waals surface area contributed by atoms with Crippen molar-refractivity contribution in [1.29, 1.82) is 0 Å². The molecule has 2 aromatic rings. The van der Waals surface area contributed by atoms with Crippen LogP contribution >= 0.6 is 0 Å². The van der Waals surface area contributed by atoms with Gasteiger partial charge in [0.2, 0.25) is 0 Å². The average molecular weight is 187 g/mol. The van der Waals surface area contributed by atoms with Crippen molar-refractivity contribution in [2.24, 2.45) is 0 Å². The molecule has 0 saturated heterocycles. The molecule has 3 heteroatoms. The number of hydrogen-bond donors (Lipinski definition) is 1. The highest BCUT2D eigenvalue weighted by atomic mass is 15.2. The van der Waals surface area contributed by atoms with Crippen LogP contribution in [0.15, 0.2) is 24.5 Å². The highest BCUT2D eigenvalue weighted by Crippen LogP contribution is 2.32. The first-order valence-corrected chi connectivity index (χ1v) is 4.99. The molecular formula is C11H13N3. The fourth-order valence-electron chi connectivity index (χ4n) is 2.12. The summed E-state index contributed by atoms with van der Waals surface area (Å²) in [6.45, 7) is 4.42. The molecule has 14 heavy (non-hydrogen) atoms. The molecule has 0 aliphatic carbocycles. The predicted molar refractivity (Wildman–Crippen MR) is 57.5 cm³/mol. The van der Waals surface area contributed by atoms with Crippen molar-refractivity contribution in [3.8, 4) is 0 Å². The second-order valence-corrected chi connectivity index (χ2v) is 4.00. The third-order valence-corrected chi connectivity index (χ3v) is 3.14. The number of nitrogens with one attached hydrogen (secondary N) is 1. The minimum absolute atomic E-state index is 0.460. The van der Waals surface area contributed by atoms with Gasteiger partial charge in [-0.1, -0.05) is 6.07 Å². The van der Waals surface area contributed by atoms with Crippen LogP contribution in [0.4, 0.5) is 5.69 Å². The highest BCUT2D eigenvalue weighted by Gasteiger charge is 2.23. The molecule has 3 rings (SSSR count). The number of aromatic nitrogens is 2. The van der Waals surface area contributed by atoms with Crippen LogP contribution in [0.25, 0.3) is 11.0 Å². The van der Waals surface area contributed by atoms with Crippen LogP contribution in [0.2, 0.25) is 0 Å². The molecule has 1 aliphatic rings. The average Bonchev–Trinajstić information content (AvgIpc) is 2.60. The molecule has 0 unspecified atom stereocenters. The molecule has 0 radical (unpaired) electrons. The van der Waals surface area contributed by atoms with Crippen molar-refractivity contribution >= 4 is 16.7 Å². The van der Waals surface area contributed by atoms with Gasteiger partial charge in [0.05, 0.1) is 29.1 Å². The Morgan fingerprint density at radius 2 is 2.21 bits per heavy atom. The summed E-state index contributed by atoms with van der Waals surface area (Å²) < 4.78 is 2.26. The summed E-state index contributed by atoms with van der Waals surface area (Å²) in [4.78, 5) is 4.40. The fraction of sp³-hybridized carbons (Fsp3) is 0.364. The van der Waals surface area contributed by atoms with Crippen LogP contribution in [0.3, 0.4) is 0 Å². The summed E-state index contributed by atoms with van der Waals surface area (Å²) >= 11 is 0. The normalized spacial score (nSPS) is 25.0. The van der Waals surface area contributed by atoms with Gasteiger partial charge in [-0.05, 0) is 26.0 Å². The molecular weight excluding hydrogens is 174 g/mol. The quantitative estimate of drug-likeness (QED) is 0.686. The molecule has 1 aliphatic heterocycles. The largest absolute Gasteiger partial charge is 0.379 e. The van der Waals surface area contributed by atoms with Gasteiger partial charge >= 0.3 is 0 Å². The second-order valence-electron chi connectivity index (χ2n) is 4.00. The van der Waals surface area contributed by atoms with Crippen molar-refractivity contribution in [2.75, 3.05) is 5.32 Å². The first kappa shape index (κ1) is 7.85. The van der Waals surface area contributed by atoms with Gasteiger partial charge in [-0.15, -0.1) is 0 Å². The maximum atomic E-state index is 4.40. The van der Waals surface area contributed by atoms with E-state index in [4.69, 9.17) is 0 Å². The van der Waals surface area contributed by atoms with Crippen LogP contribution in [0.5, 0.6) is 0 Å². The van der Waals surface area contributed by atoms with Crippen molar-refractivity contribution in [3.63, 3.8) is 0 Å². The van der Waals surface area contributed by atoms with Gasteiger partial charge in [-0.2, -0.15) is 0 Å². The van der Waals surface area contributed by atoms with E-state index in [1.54, 1.807) is 0 Å². The summed E-state index contributed by atoms with van der Waals surface area (Å²) in [6.07, 6.45) is 1.94. The van der Waals surface area contributed by atoms with E-state index in [-0.39, 0.29) is 0 Å². The summed E-state index contributed by atoms with van der Waals surface area (Å²) in [5.74, 6) is 0. The van der Waals surface area contributed by atoms with Crippen molar-refractivity contribution in [3.05, 3.63) is 24.5 Å². The SMILES string of the molecule is C[C@@H]1Nc2cccc3ncn(c23)[C@@H]1C. The molecule has 3 nitrogen and oxygen atoms in total. The fourth-order valence-corrected chi connectivity index (χ4v) is 2.12. The number of anilines is 1. The number of benzene rings is 1. The molecule has 0 saturated carbocycles. The lowest BCUT2D eigenvalue weighted by atomic mass is 10.1. The molecule has 72 valence electrons. The van der Waals surface area contributed by atoms with E-state index in [1.165, 1.54) is 11.2 Å². The molecule has 0 fully saturated rings. The molecule has 2 heterocycles. The van der Waals surface area contributed by atoms with Gasteiger partial charge in [-0.3, -0.25) is 0 Å². The van der Waals surface area contributed by atoms with E-state index >= 15 is 0 Å². The molecule has 2 atom stereocenters. The summed E-state index contributed by atoms with van der Waals surface area (Å²) in [5.41, 5.74) is 3.51. The van der Waals surface area contributed by atoms with Gasteiger partial charge in [0, 0.05) is 6.04 Å². The Hall–Kier alpha value is -1.51. The summed E-state index contributed by atoms with van der Waals surface area (Å²) in [5, 5.41) is 3.50. The van der Waals surface area contributed by atoms with E-state index in [1.807, 2.05) is 12.4 Å². The zero-order chi connectivity index (χ0) is 9.71. The number of para-hydroxylation sites is 1. The topological polar surface area (TPSA) is 29.9 Å². The third-order valence-electron chi connectivity index (χ3n) is 3.14. The zero-order valence-corrected chi connectivity index (χ0v) is 8.36. The summed E-state index contributed by atoms with van der Waals surface area (Å²) in [7, 11) is 0. The first-order chi connectivity index (χ1) is 6.77. The van der Waals surface area contributed by atoms with Gasteiger partial charge < -0.3 is 9.88 Å². The maximum Gasteiger partial charge on any atom is 0.0962 e. The van der Waals surface area contributed by atoms with E-state index < -0.39 is 0 Å². The van der Waals surface area contributed by atoms with E-state index in [9.17, 15) is 0 Å². The predicted octanol–water partition coefficient (Wildman–Crippen LogP) is 2.41. The van der Waals surface area contributed by atoms with Crippen molar-refractivity contribution < 1.29 is 0 Å². The lowest BCUT2D eigenvalue weighted by Gasteiger charge is -2.29. The molecule has 0 bridgehead atoms. The summed E-state index contributed by atoms with van der Waals surface area (Å²) in [6, 6.07) is 7.14. The number of hydrogen-bond acceptors (Lipinski definition) is 2. The van der Waals surface area contributed by atoms with E-state index in [0.717, 1.165) is 5.52 Å². The molecule has 1 aromatic heterocycles.